The van der Waals surface area contributed by atoms with Crippen LogP contribution in [-0.4, -0.2) is 31.1 Å². The van der Waals surface area contributed by atoms with Gasteiger partial charge in [-0.1, -0.05) is 59.9 Å². The van der Waals surface area contributed by atoms with Crippen molar-refractivity contribution in [3.05, 3.63) is 78.0 Å². The second kappa shape index (κ2) is 8.32. The molecule has 0 aliphatic heterocycles. The van der Waals surface area contributed by atoms with E-state index < -0.39 is 0 Å². The van der Waals surface area contributed by atoms with Gasteiger partial charge in [0.05, 0.1) is 12.2 Å². The first kappa shape index (κ1) is 18.3. The van der Waals surface area contributed by atoms with E-state index in [9.17, 15) is 4.79 Å². The maximum absolute atomic E-state index is 12.3. The smallest absolute Gasteiger partial charge is 0.256 e. The molecule has 2 aromatic heterocycles. The number of aromatic nitrogens is 5. The van der Waals surface area contributed by atoms with Crippen molar-refractivity contribution in [1.29, 1.82) is 0 Å². The number of tetrazole rings is 1. The van der Waals surface area contributed by atoms with E-state index in [4.69, 9.17) is 0 Å². The molecule has 1 unspecified atom stereocenters. The first-order valence-corrected chi connectivity index (χ1v) is 10.2. The minimum atomic E-state index is -0.164. The average Bonchev–Trinajstić information content (AvgIpc) is 3.38. The van der Waals surface area contributed by atoms with Gasteiger partial charge in [0.25, 0.3) is 5.91 Å². The fourth-order valence-corrected chi connectivity index (χ4v) is 4.41. The van der Waals surface area contributed by atoms with Gasteiger partial charge in [0.2, 0.25) is 5.16 Å². The van der Waals surface area contributed by atoms with E-state index >= 15 is 0 Å². The molecule has 0 saturated heterocycles. The maximum atomic E-state index is 12.3. The molecule has 0 spiro atoms. The molecule has 7 nitrogen and oxygen atoms in total. The van der Waals surface area contributed by atoms with E-state index in [0.29, 0.717) is 15.7 Å². The summed E-state index contributed by atoms with van der Waals surface area (Å²) in [7, 11) is 0. The summed E-state index contributed by atoms with van der Waals surface area (Å²) in [5.74, 6) is -0.164. The summed E-state index contributed by atoms with van der Waals surface area (Å²) in [5, 5.41) is 16.2. The highest BCUT2D eigenvalue weighted by molar-refractivity contribution is 8.01. The number of carbonyl (C=O) groups is 1. The van der Waals surface area contributed by atoms with E-state index in [0.717, 1.165) is 9.90 Å². The number of nitrogens with one attached hydrogen (secondary N) is 1. The third-order valence-electron chi connectivity index (χ3n) is 4.05. The first-order chi connectivity index (χ1) is 13.7. The van der Waals surface area contributed by atoms with Crippen molar-refractivity contribution in [3.63, 3.8) is 0 Å². The third kappa shape index (κ3) is 4.10. The lowest BCUT2D eigenvalue weighted by atomic mass is 10.1. The number of anilines is 1. The van der Waals surface area contributed by atoms with Gasteiger partial charge < -0.3 is 5.32 Å². The van der Waals surface area contributed by atoms with E-state index in [1.807, 2.05) is 55.5 Å². The van der Waals surface area contributed by atoms with E-state index in [-0.39, 0.29) is 11.9 Å². The Bertz CT molecular complexity index is 1060. The number of hydrogen-bond donors (Lipinski definition) is 1. The number of rotatable bonds is 6. The molecule has 0 aliphatic carbocycles. The molecular weight excluding hydrogens is 392 g/mol. The molecule has 4 aromatic rings. The van der Waals surface area contributed by atoms with E-state index in [1.165, 1.54) is 23.1 Å². The maximum Gasteiger partial charge on any atom is 0.256 e. The molecule has 2 heterocycles. The fourth-order valence-electron chi connectivity index (χ4n) is 2.58. The van der Waals surface area contributed by atoms with Crippen molar-refractivity contribution in [2.24, 2.45) is 0 Å². The zero-order chi connectivity index (χ0) is 19.3. The Hall–Kier alpha value is -3.04. The number of nitrogens with zero attached hydrogens (tertiary/aromatic N) is 5. The number of thiazole rings is 1. The third-order valence-corrected chi connectivity index (χ3v) is 5.99. The van der Waals surface area contributed by atoms with Crippen molar-refractivity contribution in [2.75, 3.05) is 5.32 Å². The van der Waals surface area contributed by atoms with Crippen LogP contribution in [0.1, 0.15) is 28.9 Å². The number of benzene rings is 2. The normalized spacial score (nSPS) is 11.9. The molecule has 2 aromatic carbocycles. The zero-order valence-corrected chi connectivity index (χ0v) is 16.5. The Balaban J connectivity index is 1.47. The average molecular weight is 409 g/mol. The van der Waals surface area contributed by atoms with Gasteiger partial charge in [0.1, 0.15) is 5.00 Å². The molecule has 0 bridgehead atoms. The van der Waals surface area contributed by atoms with Crippen LogP contribution in [0.2, 0.25) is 0 Å². The minimum absolute atomic E-state index is 0.00378. The van der Waals surface area contributed by atoms with Gasteiger partial charge in [0, 0.05) is 5.56 Å². The van der Waals surface area contributed by atoms with Gasteiger partial charge in [-0.15, -0.1) is 5.10 Å². The summed E-state index contributed by atoms with van der Waals surface area (Å²) >= 11 is 2.75. The van der Waals surface area contributed by atoms with Crippen molar-refractivity contribution < 1.29 is 4.79 Å². The Morgan fingerprint density at radius 1 is 1.11 bits per heavy atom. The lowest BCUT2D eigenvalue weighted by molar-refractivity contribution is 0.102. The molecule has 0 fully saturated rings. The van der Waals surface area contributed by atoms with Crippen molar-refractivity contribution in [2.45, 2.75) is 22.5 Å². The zero-order valence-electron chi connectivity index (χ0n) is 14.9. The molecular formula is C19H16N6OS2. The van der Waals surface area contributed by atoms with Gasteiger partial charge >= 0.3 is 0 Å². The summed E-state index contributed by atoms with van der Waals surface area (Å²) in [5.41, 5.74) is 1.72. The molecule has 0 saturated carbocycles. The molecule has 28 heavy (non-hydrogen) atoms. The largest absolute Gasteiger partial charge is 0.312 e. The summed E-state index contributed by atoms with van der Waals surface area (Å²) in [6, 6.07) is 19.1. The van der Waals surface area contributed by atoms with E-state index in [2.05, 4.69) is 25.8 Å². The monoisotopic (exact) mass is 408 g/mol. The van der Waals surface area contributed by atoms with Gasteiger partial charge in [-0.25, -0.2) is 9.67 Å². The molecule has 140 valence electrons. The van der Waals surface area contributed by atoms with Crippen molar-refractivity contribution >= 4 is 34.0 Å². The van der Waals surface area contributed by atoms with Gasteiger partial charge in [0.15, 0.2) is 4.34 Å². The number of carbonyl (C=O) groups excluding carboxylic acids is 1. The van der Waals surface area contributed by atoms with Gasteiger partial charge in [-0.3, -0.25) is 4.79 Å². The number of amides is 1. The van der Waals surface area contributed by atoms with Crippen molar-refractivity contribution in [3.8, 4) is 0 Å². The summed E-state index contributed by atoms with van der Waals surface area (Å²) in [6.07, 6.45) is 1.64. The van der Waals surface area contributed by atoms with Crippen LogP contribution in [-0.2, 0) is 0 Å². The lowest BCUT2D eigenvalue weighted by Crippen LogP contribution is -2.10. The van der Waals surface area contributed by atoms with Crippen LogP contribution in [0.3, 0.4) is 0 Å². The van der Waals surface area contributed by atoms with Crippen LogP contribution in [0, 0.1) is 0 Å². The Kier molecular flexibility index (Phi) is 5.45. The first-order valence-electron chi connectivity index (χ1n) is 8.53. The fraction of sp³-hybridized carbons (Fsp3) is 0.105. The summed E-state index contributed by atoms with van der Waals surface area (Å²) < 4.78 is 2.52. The van der Waals surface area contributed by atoms with E-state index in [1.54, 1.807) is 23.0 Å². The lowest BCUT2D eigenvalue weighted by Gasteiger charge is -2.12. The molecule has 4 rings (SSSR count). The highest BCUT2D eigenvalue weighted by Crippen LogP contribution is 2.33. The van der Waals surface area contributed by atoms with Crippen LogP contribution < -0.4 is 5.32 Å². The molecule has 0 radical (unpaired) electrons. The Morgan fingerprint density at radius 3 is 2.57 bits per heavy atom. The molecule has 0 aliphatic rings. The molecule has 1 amide bonds. The standard InChI is InChI=1S/C19H16N6OS2/c1-13(14-8-4-2-5-9-14)25-18(22-23-24-25)28-19-20-12-16(27-19)21-17(26)15-10-6-3-7-11-15/h2-13H,1H3,(H,21,26). The summed E-state index contributed by atoms with van der Waals surface area (Å²) in [6.45, 7) is 2.04. The Morgan fingerprint density at radius 2 is 1.82 bits per heavy atom. The van der Waals surface area contributed by atoms with Gasteiger partial charge in [-0.2, -0.15) is 0 Å². The van der Waals surface area contributed by atoms with Crippen LogP contribution in [0.15, 0.2) is 76.4 Å². The van der Waals surface area contributed by atoms with Crippen LogP contribution in [0.4, 0.5) is 5.00 Å². The van der Waals surface area contributed by atoms with Crippen molar-refractivity contribution in [1.82, 2.24) is 25.2 Å². The van der Waals surface area contributed by atoms with Crippen LogP contribution in [0.25, 0.3) is 0 Å². The second-order valence-corrected chi connectivity index (χ2v) is 8.15. The molecule has 1 N–H and O–H groups in total. The Labute approximate surface area is 169 Å². The predicted molar refractivity (Wildman–Crippen MR) is 109 cm³/mol. The van der Waals surface area contributed by atoms with Crippen LogP contribution in [0.5, 0.6) is 0 Å². The summed E-state index contributed by atoms with van der Waals surface area (Å²) in [4.78, 5) is 16.6. The molecule has 1 atom stereocenters. The quantitative estimate of drug-likeness (QED) is 0.516. The van der Waals surface area contributed by atoms with Crippen LogP contribution >= 0.6 is 23.1 Å². The second-order valence-electron chi connectivity index (χ2n) is 5.91. The molecule has 9 heteroatoms. The number of hydrogen-bond acceptors (Lipinski definition) is 7. The topological polar surface area (TPSA) is 85.6 Å². The van der Waals surface area contributed by atoms with Gasteiger partial charge in [-0.05, 0) is 46.8 Å². The SMILES string of the molecule is CC(c1ccccc1)n1nnnc1Sc1ncc(NC(=O)c2ccccc2)s1. The minimum Gasteiger partial charge on any atom is -0.312 e. The highest BCUT2D eigenvalue weighted by atomic mass is 32.2. The predicted octanol–water partition coefficient (Wildman–Crippen LogP) is 4.14. The highest BCUT2D eigenvalue weighted by Gasteiger charge is 2.17.